The van der Waals surface area contributed by atoms with Crippen molar-refractivity contribution < 1.29 is 0 Å². The monoisotopic (exact) mass is 374 g/mol. The lowest BCUT2D eigenvalue weighted by molar-refractivity contribution is 0.669. The number of rotatable bonds is 2. The lowest BCUT2D eigenvalue weighted by Gasteiger charge is -2.07. The summed E-state index contributed by atoms with van der Waals surface area (Å²) in [6.07, 6.45) is 5.81. The van der Waals surface area contributed by atoms with Crippen LogP contribution in [0.1, 0.15) is 29.7 Å². The van der Waals surface area contributed by atoms with Gasteiger partial charge in [0.25, 0.3) is 5.56 Å². The highest BCUT2D eigenvalue weighted by Gasteiger charge is 2.19. The highest BCUT2D eigenvalue weighted by molar-refractivity contribution is 8.93. The summed E-state index contributed by atoms with van der Waals surface area (Å²) in [6, 6.07) is 8.23. The van der Waals surface area contributed by atoms with Crippen LogP contribution in [0, 0.1) is 6.92 Å². The highest BCUT2D eigenvalue weighted by Crippen LogP contribution is 2.20. The minimum atomic E-state index is 0. The van der Waals surface area contributed by atoms with Crippen molar-refractivity contribution in [1.29, 1.82) is 0 Å². The average Bonchev–Trinajstić information content (AvgIpc) is 3.14. The van der Waals surface area contributed by atoms with E-state index in [-0.39, 0.29) is 22.5 Å². The summed E-state index contributed by atoms with van der Waals surface area (Å²) in [5, 5.41) is 3.20. The molecule has 4 rings (SSSR count). The third-order valence-electron chi connectivity index (χ3n) is 4.31. The first-order valence-electron chi connectivity index (χ1n) is 7.67. The highest BCUT2D eigenvalue weighted by atomic mass is 79.9. The minimum Gasteiger partial charge on any atom is -0.322 e. The third-order valence-corrected chi connectivity index (χ3v) is 4.31. The summed E-state index contributed by atoms with van der Waals surface area (Å²) in [5.41, 5.74) is 5.20. The maximum atomic E-state index is 12.5. The number of imidazole rings is 1. The molecule has 2 heterocycles. The number of nitrogens with zero attached hydrogens (tertiary/aromatic N) is 2. The number of halogens is 1. The first-order chi connectivity index (χ1) is 10.7. The van der Waals surface area contributed by atoms with Crippen LogP contribution in [-0.4, -0.2) is 19.7 Å². The second-order valence-electron chi connectivity index (χ2n) is 5.90. The van der Waals surface area contributed by atoms with Gasteiger partial charge < -0.3 is 4.98 Å². The quantitative estimate of drug-likeness (QED) is 0.722. The first kappa shape index (κ1) is 15.8. The molecule has 0 atom stereocenters. The van der Waals surface area contributed by atoms with Crippen LogP contribution in [0.4, 0.5) is 0 Å². The van der Waals surface area contributed by atoms with Crippen LogP contribution in [0.3, 0.4) is 0 Å². The largest absolute Gasteiger partial charge is 0.322 e. The molecule has 120 valence electrons. The predicted molar refractivity (Wildman–Crippen MR) is 95.7 cm³/mol. The topological polar surface area (TPSA) is 66.5 Å². The maximum Gasteiger partial charge on any atom is 0.277 e. The van der Waals surface area contributed by atoms with Crippen molar-refractivity contribution in [2.45, 2.75) is 32.6 Å². The SMILES string of the molecule is Br.Cc1ccc(-c2cnc(-n3[nH]c4c(c3=O)CCCC4)[nH]2)cc1. The Balaban J connectivity index is 0.00000156. The van der Waals surface area contributed by atoms with Crippen molar-refractivity contribution in [2.75, 3.05) is 0 Å². The normalized spacial score (nSPS) is 13.4. The molecule has 1 aliphatic rings. The third kappa shape index (κ3) is 2.79. The van der Waals surface area contributed by atoms with E-state index < -0.39 is 0 Å². The number of hydrogen-bond donors (Lipinski definition) is 2. The number of aromatic nitrogens is 4. The van der Waals surface area contributed by atoms with E-state index in [2.05, 4.69) is 46.3 Å². The molecule has 0 saturated heterocycles. The van der Waals surface area contributed by atoms with Gasteiger partial charge in [-0.25, -0.2) is 4.98 Å². The Kier molecular flexibility index (Phi) is 4.26. The molecule has 0 radical (unpaired) electrons. The molecule has 0 bridgehead atoms. The Bertz CT molecular complexity index is 873. The van der Waals surface area contributed by atoms with E-state index in [1.54, 1.807) is 6.20 Å². The summed E-state index contributed by atoms with van der Waals surface area (Å²) in [4.78, 5) is 20.1. The molecule has 23 heavy (non-hydrogen) atoms. The summed E-state index contributed by atoms with van der Waals surface area (Å²) in [5.74, 6) is 0.551. The van der Waals surface area contributed by atoms with Crippen molar-refractivity contribution in [3.05, 3.63) is 57.6 Å². The van der Waals surface area contributed by atoms with Crippen molar-refractivity contribution in [3.8, 4) is 17.2 Å². The molecule has 0 amide bonds. The molecule has 0 aliphatic heterocycles. The van der Waals surface area contributed by atoms with Crippen molar-refractivity contribution >= 4 is 17.0 Å². The van der Waals surface area contributed by atoms with E-state index in [1.807, 2.05) is 0 Å². The lowest BCUT2D eigenvalue weighted by atomic mass is 9.98. The molecule has 0 spiro atoms. The zero-order valence-corrected chi connectivity index (χ0v) is 14.6. The summed E-state index contributed by atoms with van der Waals surface area (Å²) in [6.45, 7) is 2.06. The van der Waals surface area contributed by atoms with Crippen LogP contribution in [0.2, 0.25) is 0 Å². The molecule has 2 aromatic heterocycles. The van der Waals surface area contributed by atoms with Gasteiger partial charge in [0.15, 0.2) is 0 Å². The lowest BCUT2D eigenvalue weighted by Crippen LogP contribution is -2.19. The van der Waals surface area contributed by atoms with Crippen LogP contribution in [0.25, 0.3) is 17.2 Å². The fourth-order valence-electron chi connectivity index (χ4n) is 3.04. The number of nitrogens with one attached hydrogen (secondary N) is 2. The standard InChI is InChI=1S/C17H18N4O.BrH/c1-11-6-8-12(9-7-11)15-10-18-17(19-15)21-16(22)13-4-2-3-5-14(13)20-21;/h6-10,20H,2-5H2,1H3,(H,18,19);1H. The van der Waals surface area contributed by atoms with E-state index in [0.717, 1.165) is 48.2 Å². The fraction of sp³-hybridized carbons (Fsp3) is 0.294. The van der Waals surface area contributed by atoms with Gasteiger partial charge in [0.05, 0.1) is 11.9 Å². The van der Waals surface area contributed by atoms with Crippen LogP contribution in [-0.2, 0) is 12.8 Å². The Labute approximate surface area is 144 Å². The second-order valence-corrected chi connectivity index (χ2v) is 5.90. The summed E-state index contributed by atoms with van der Waals surface area (Å²) >= 11 is 0. The maximum absolute atomic E-state index is 12.5. The Morgan fingerprint density at radius 3 is 2.61 bits per heavy atom. The van der Waals surface area contributed by atoms with Gasteiger partial charge in [-0.05, 0) is 38.2 Å². The molecular weight excluding hydrogens is 356 g/mol. The van der Waals surface area contributed by atoms with Gasteiger partial charge in [0, 0.05) is 11.3 Å². The summed E-state index contributed by atoms with van der Waals surface area (Å²) in [7, 11) is 0. The van der Waals surface area contributed by atoms with E-state index in [1.165, 1.54) is 10.2 Å². The van der Waals surface area contributed by atoms with E-state index >= 15 is 0 Å². The van der Waals surface area contributed by atoms with Gasteiger partial charge >= 0.3 is 0 Å². The Morgan fingerprint density at radius 2 is 1.87 bits per heavy atom. The average molecular weight is 375 g/mol. The van der Waals surface area contributed by atoms with Gasteiger partial charge in [0.1, 0.15) is 0 Å². The molecule has 1 aliphatic carbocycles. The van der Waals surface area contributed by atoms with Crippen molar-refractivity contribution in [2.24, 2.45) is 0 Å². The van der Waals surface area contributed by atoms with Gasteiger partial charge in [0.2, 0.25) is 5.95 Å². The number of fused-ring (bicyclic) bond motifs is 1. The predicted octanol–water partition coefficient (Wildman–Crippen LogP) is 3.32. The Morgan fingerprint density at radius 1 is 1.13 bits per heavy atom. The molecule has 0 saturated carbocycles. The van der Waals surface area contributed by atoms with Crippen LogP contribution < -0.4 is 5.56 Å². The smallest absolute Gasteiger partial charge is 0.277 e. The van der Waals surface area contributed by atoms with Gasteiger partial charge in [-0.2, -0.15) is 4.68 Å². The molecule has 0 unspecified atom stereocenters. The van der Waals surface area contributed by atoms with Crippen LogP contribution in [0.5, 0.6) is 0 Å². The number of benzene rings is 1. The van der Waals surface area contributed by atoms with Crippen molar-refractivity contribution in [1.82, 2.24) is 19.7 Å². The number of hydrogen-bond acceptors (Lipinski definition) is 2. The van der Waals surface area contributed by atoms with Crippen LogP contribution >= 0.6 is 17.0 Å². The Hall–Kier alpha value is -2.08. The first-order valence-corrected chi connectivity index (χ1v) is 7.67. The van der Waals surface area contributed by atoms with Gasteiger partial charge in [-0.15, -0.1) is 17.0 Å². The zero-order chi connectivity index (χ0) is 15.1. The van der Waals surface area contributed by atoms with Gasteiger partial charge in [-0.3, -0.25) is 9.89 Å². The molecule has 5 nitrogen and oxygen atoms in total. The fourth-order valence-corrected chi connectivity index (χ4v) is 3.04. The molecule has 2 N–H and O–H groups in total. The molecule has 1 aromatic carbocycles. The summed E-state index contributed by atoms with van der Waals surface area (Å²) < 4.78 is 1.54. The second kappa shape index (κ2) is 6.20. The van der Waals surface area contributed by atoms with Gasteiger partial charge in [-0.1, -0.05) is 29.8 Å². The van der Waals surface area contributed by atoms with E-state index in [4.69, 9.17) is 0 Å². The molecule has 3 aromatic rings. The van der Waals surface area contributed by atoms with Crippen molar-refractivity contribution in [3.63, 3.8) is 0 Å². The zero-order valence-electron chi connectivity index (χ0n) is 12.9. The number of aromatic amines is 2. The molecule has 0 fully saturated rings. The van der Waals surface area contributed by atoms with E-state index in [9.17, 15) is 4.79 Å². The number of H-pyrrole nitrogens is 2. The molecule has 6 heteroatoms. The minimum absolute atomic E-state index is 0. The van der Waals surface area contributed by atoms with E-state index in [0.29, 0.717) is 5.95 Å². The number of aryl methyl sites for hydroxylation is 2. The molecular formula is C17H19BrN4O. The van der Waals surface area contributed by atoms with Crippen LogP contribution in [0.15, 0.2) is 35.3 Å².